The van der Waals surface area contributed by atoms with Crippen molar-refractivity contribution in [3.8, 4) is 0 Å². The second kappa shape index (κ2) is 6.27. The summed E-state index contributed by atoms with van der Waals surface area (Å²) in [4.78, 5) is 12.4. The van der Waals surface area contributed by atoms with Gasteiger partial charge in [-0.05, 0) is 46.0 Å². The zero-order valence-electron chi connectivity index (χ0n) is 12.0. The molecule has 106 valence electrons. The van der Waals surface area contributed by atoms with Crippen LogP contribution in [0.5, 0.6) is 0 Å². The molecule has 1 amide bonds. The Balaban J connectivity index is 2.34. The van der Waals surface area contributed by atoms with E-state index in [9.17, 15) is 4.79 Å². The van der Waals surface area contributed by atoms with Crippen LogP contribution in [0.25, 0.3) is 0 Å². The normalized spacial score (nSPS) is 10.6. The number of hydrogen-bond acceptors (Lipinski definition) is 1. The lowest BCUT2D eigenvalue weighted by Crippen LogP contribution is -2.17. The first-order chi connectivity index (χ1) is 9.56. The summed E-state index contributed by atoms with van der Waals surface area (Å²) in [5, 5.41) is 3.07. The molecule has 0 saturated carbocycles. The largest absolute Gasteiger partial charge is 0.345 e. The number of carbonyl (C=O) groups is 1. The van der Waals surface area contributed by atoms with Crippen molar-refractivity contribution in [1.82, 2.24) is 4.57 Å². The number of amides is 1. The lowest BCUT2D eigenvalue weighted by atomic mass is 10.0. The van der Waals surface area contributed by atoms with Crippen molar-refractivity contribution < 1.29 is 4.79 Å². The summed E-state index contributed by atoms with van der Waals surface area (Å²) >= 11 is 3.39. The van der Waals surface area contributed by atoms with Gasteiger partial charge in [0.15, 0.2) is 0 Å². The van der Waals surface area contributed by atoms with E-state index in [2.05, 4.69) is 47.2 Å². The minimum atomic E-state index is -0.0752. The van der Waals surface area contributed by atoms with E-state index in [0.29, 0.717) is 5.69 Å². The minimum absolute atomic E-state index is 0.0752. The van der Waals surface area contributed by atoms with Gasteiger partial charge in [-0.3, -0.25) is 4.79 Å². The topological polar surface area (TPSA) is 34.0 Å². The van der Waals surface area contributed by atoms with Crippen LogP contribution < -0.4 is 5.32 Å². The molecule has 1 heterocycles. The van der Waals surface area contributed by atoms with Crippen LogP contribution in [0.15, 0.2) is 34.9 Å². The van der Waals surface area contributed by atoms with Crippen LogP contribution >= 0.6 is 15.9 Å². The average molecular weight is 335 g/mol. The average Bonchev–Trinajstić information content (AvgIpc) is 2.78. The summed E-state index contributed by atoms with van der Waals surface area (Å²) in [5.74, 6) is -0.0752. The van der Waals surface area contributed by atoms with Gasteiger partial charge in [0.05, 0.1) is 0 Å². The van der Waals surface area contributed by atoms with E-state index in [1.807, 2.05) is 29.9 Å². The molecule has 0 radical (unpaired) electrons. The molecule has 0 spiro atoms. The molecule has 1 aromatic heterocycles. The number of anilines is 1. The summed E-state index contributed by atoms with van der Waals surface area (Å²) in [6.45, 7) is 4.20. The predicted octanol–water partition coefficient (Wildman–Crippen LogP) is 4.16. The zero-order valence-corrected chi connectivity index (χ0v) is 13.6. The van der Waals surface area contributed by atoms with E-state index in [-0.39, 0.29) is 5.91 Å². The SMILES string of the molecule is CCc1cccc(CC)c1NC(=O)c1cc(Br)cn1C. The summed E-state index contributed by atoms with van der Waals surface area (Å²) in [6.07, 6.45) is 3.68. The number of halogens is 1. The third kappa shape index (κ3) is 2.96. The third-order valence-corrected chi connectivity index (χ3v) is 3.88. The molecule has 0 aliphatic rings. The highest BCUT2D eigenvalue weighted by Gasteiger charge is 2.14. The van der Waals surface area contributed by atoms with Crippen molar-refractivity contribution in [3.05, 3.63) is 51.8 Å². The Kier molecular flexibility index (Phi) is 4.65. The summed E-state index contributed by atoms with van der Waals surface area (Å²) in [6, 6.07) is 8.01. The van der Waals surface area contributed by atoms with Crippen LogP contribution in [-0.4, -0.2) is 10.5 Å². The Hall–Kier alpha value is -1.55. The van der Waals surface area contributed by atoms with E-state index >= 15 is 0 Å². The molecule has 0 aliphatic carbocycles. The Morgan fingerprint density at radius 1 is 1.25 bits per heavy atom. The molecule has 1 N–H and O–H groups in total. The molecule has 4 heteroatoms. The first-order valence-electron chi connectivity index (χ1n) is 6.80. The van der Waals surface area contributed by atoms with Gasteiger partial charge >= 0.3 is 0 Å². The number of aromatic nitrogens is 1. The van der Waals surface area contributed by atoms with Crippen molar-refractivity contribution in [2.24, 2.45) is 7.05 Å². The van der Waals surface area contributed by atoms with Crippen LogP contribution in [0.4, 0.5) is 5.69 Å². The van der Waals surface area contributed by atoms with Crippen LogP contribution in [0, 0.1) is 0 Å². The monoisotopic (exact) mass is 334 g/mol. The summed E-state index contributed by atoms with van der Waals surface area (Å²) in [5.41, 5.74) is 3.95. The minimum Gasteiger partial charge on any atom is -0.345 e. The van der Waals surface area contributed by atoms with Gasteiger partial charge in [-0.1, -0.05) is 32.0 Å². The van der Waals surface area contributed by atoms with E-state index < -0.39 is 0 Å². The van der Waals surface area contributed by atoms with Gasteiger partial charge in [0.25, 0.3) is 5.91 Å². The Bertz CT molecular complexity index is 609. The first-order valence-corrected chi connectivity index (χ1v) is 7.60. The number of hydrogen-bond donors (Lipinski definition) is 1. The van der Waals surface area contributed by atoms with Gasteiger partial charge in [0, 0.05) is 23.4 Å². The predicted molar refractivity (Wildman–Crippen MR) is 86.3 cm³/mol. The first kappa shape index (κ1) is 14.9. The van der Waals surface area contributed by atoms with Gasteiger partial charge in [-0.25, -0.2) is 0 Å². The maximum absolute atomic E-state index is 12.4. The number of para-hydroxylation sites is 1. The van der Waals surface area contributed by atoms with Gasteiger partial charge in [0.2, 0.25) is 0 Å². The second-order valence-electron chi connectivity index (χ2n) is 4.77. The molecule has 2 aromatic rings. The van der Waals surface area contributed by atoms with E-state index in [4.69, 9.17) is 0 Å². The Labute approximate surface area is 128 Å². The number of benzene rings is 1. The molecule has 3 nitrogen and oxygen atoms in total. The number of nitrogens with zero attached hydrogens (tertiary/aromatic N) is 1. The molecule has 2 rings (SSSR count). The highest BCUT2D eigenvalue weighted by Crippen LogP contribution is 2.24. The maximum atomic E-state index is 12.4. The number of rotatable bonds is 4. The highest BCUT2D eigenvalue weighted by molar-refractivity contribution is 9.10. The molecule has 0 unspecified atom stereocenters. The van der Waals surface area contributed by atoms with Crippen molar-refractivity contribution >= 4 is 27.5 Å². The fourth-order valence-electron chi connectivity index (χ4n) is 2.33. The molecular formula is C16H19BrN2O. The van der Waals surface area contributed by atoms with E-state index in [1.54, 1.807) is 0 Å². The number of carbonyl (C=O) groups excluding carboxylic acids is 1. The standard InChI is InChI=1S/C16H19BrN2O/c1-4-11-7-6-8-12(5-2)15(11)18-16(20)14-9-13(17)10-19(14)3/h6-10H,4-5H2,1-3H3,(H,18,20). The molecule has 0 fully saturated rings. The Morgan fingerprint density at radius 2 is 1.85 bits per heavy atom. The fraction of sp³-hybridized carbons (Fsp3) is 0.312. The smallest absolute Gasteiger partial charge is 0.272 e. The fourth-order valence-corrected chi connectivity index (χ4v) is 2.85. The van der Waals surface area contributed by atoms with Crippen molar-refractivity contribution in [2.75, 3.05) is 5.32 Å². The molecule has 0 saturated heterocycles. The molecule has 0 bridgehead atoms. The van der Waals surface area contributed by atoms with Crippen LogP contribution in [0.1, 0.15) is 35.5 Å². The quantitative estimate of drug-likeness (QED) is 0.894. The van der Waals surface area contributed by atoms with Crippen LogP contribution in [0.2, 0.25) is 0 Å². The van der Waals surface area contributed by atoms with Crippen LogP contribution in [0.3, 0.4) is 0 Å². The van der Waals surface area contributed by atoms with Gasteiger partial charge in [-0.2, -0.15) is 0 Å². The summed E-state index contributed by atoms with van der Waals surface area (Å²) < 4.78 is 2.73. The lowest BCUT2D eigenvalue weighted by molar-refractivity contribution is 0.101. The van der Waals surface area contributed by atoms with Crippen LogP contribution in [-0.2, 0) is 19.9 Å². The molecule has 0 aliphatic heterocycles. The lowest BCUT2D eigenvalue weighted by Gasteiger charge is -2.14. The summed E-state index contributed by atoms with van der Waals surface area (Å²) in [7, 11) is 1.87. The molecule has 0 atom stereocenters. The molecule has 20 heavy (non-hydrogen) atoms. The highest BCUT2D eigenvalue weighted by atomic mass is 79.9. The molecule has 1 aromatic carbocycles. The molecular weight excluding hydrogens is 316 g/mol. The van der Waals surface area contributed by atoms with Crippen molar-refractivity contribution in [1.29, 1.82) is 0 Å². The van der Waals surface area contributed by atoms with Crippen molar-refractivity contribution in [2.45, 2.75) is 26.7 Å². The van der Waals surface area contributed by atoms with E-state index in [0.717, 1.165) is 23.0 Å². The second-order valence-corrected chi connectivity index (χ2v) is 5.68. The van der Waals surface area contributed by atoms with Gasteiger partial charge < -0.3 is 9.88 Å². The maximum Gasteiger partial charge on any atom is 0.272 e. The number of nitrogens with one attached hydrogen (secondary N) is 1. The third-order valence-electron chi connectivity index (χ3n) is 3.44. The number of aryl methyl sites for hydroxylation is 3. The Morgan fingerprint density at radius 3 is 2.30 bits per heavy atom. The van der Waals surface area contributed by atoms with Gasteiger partial charge in [0.1, 0.15) is 5.69 Å². The van der Waals surface area contributed by atoms with Gasteiger partial charge in [-0.15, -0.1) is 0 Å². The van der Waals surface area contributed by atoms with Crippen molar-refractivity contribution in [3.63, 3.8) is 0 Å². The van der Waals surface area contributed by atoms with E-state index in [1.165, 1.54) is 11.1 Å². The zero-order chi connectivity index (χ0) is 14.7.